The first-order chi connectivity index (χ1) is 13.1. The Kier molecular flexibility index (Phi) is 5.15. The van der Waals surface area contributed by atoms with E-state index in [2.05, 4.69) is 15.3 Å². The van der Waals surface area contributed by atoms with Crippen LogP contribution < -0.4 is 5.32 Å². The quantitative estimate of drug-likeness (QED) is 0.700. The van der Waals surface area contributed by atoms with Gasteiger partial charge in [-0.15, -0.1) is 11.3 Å². The zero-order valence-electron chi connectivity index (χ0n) is 14.3. The van der Waals surface area contributed by atoms with E-state index in [9.17, 15) is 13.6 Å². The van der Waals surface area contributed by atoms with Crippen LogP contribution in [-0.2, 0) is 9.53 Å². The van der Waals surface area contributed by atoms with Crippen LogP contribution in [-0.4, -0.2) is 59.5 Å². The number of amides is 1. The van der Waals surface area contributed by atoms with Gasteiger partial charge in [-0.25, -0.2) is 13.8 Å². The number of thiazole rings is 1. The van der Waals surface area contributed by atoms with E-state index < -0.39 is 19.0 Å². The SMILES string of the molecule is O=C(Nc1nc(-c2c[nH]c3ccccc23)cs1)C1COCCN1CC(F)F. The number of hydrogen-bond acceptors (Lipinski definition) is 5. The summed E-state index contributed by atoms with van der Waals surface area (Å²) >= 11 is 1.30. The van der Waals surface area contributed by atoms with Gasteiger partial charge >= 0.3 is 0 Å². The lowest BCUT2D eigenvalue weighted by Crippen LogP contribution is -2.53. The number of aromatic nitrogens is 2. The van der Waals surface area contributed by atoms with Gasteiger partial charge in [0.25, 0.3) is 6.43 Å². The van der Waals surface area contributed by atoms with Crippen LogP contribution >= 0.6 is 11.3 Å². The number of hydrogen-bond donors (Lipinski definition) is 2. The van der Waals surface area contributed by atoms with Gasteiger partial charge in [0.1, 0.15) is 6.04 Å². The lowest BCUT2D eigenvalue weighted by atomic mass is 10.1. The first-order valence-corrected chi connectivity index (χ1v) is 9.42. The molecule has 1 unspecified atom stereocenters. The molecule has 1 aromatic carbocycles. The van der Waals surface area contributed by atoms with E-state index in [-0.39, 0.29) is 12.5 Å². The Balaban J connectivity index is 1.49. The Morgan fingerprint density at radius 3 is 3.15 bits per heavy atom. The minimum Gasteiger partial charge on any atom is -0.378 e. The minimum atomic E-state index is -2.49. The maximum Gasteiger partial charge on any atom is 0.251 e. The van der Waals surface area contributed by atoms with Crippen molar-refractivity contribution in [1.82, 2.24) is 14.9 Å². The molecular weight excluding hydrogens is 374 g/mol. The van der Waals surface area contributed by atoms with Crippen molar-refractivity contribution in [2.24, 2.45) is 0 Å². The van der Waals surface area contributed by atoms with Crippen LogP contribution in [0.4, 0.5) is 13.9 Å². The van der Waals surface area contributed by atoms with Crippen LogP contribution in [0, 0.1) is 0 Å². The minimum absolute atomic E-state index is 0.0965. The molecule has 4 rings (SSSR count). The van der Waals surface area contributed by atoms with Crippen LogP contribution in [0.1, 0.15) is 0 Å². The maximum atomic E-state index is 12.7. The number of anilines is 1. The monoisotopic (exact) mass is 392 g/mol. The molecule has 3 heterocycles. The van der Waals surface area contributed by atoms with Gasteiger partial charge < -0.3 is 15.0 Å². The summed E-state index contributed by atoms with van der Waals surface area (Å²) in [5, 5.41) is 6.08. The number of fused-ring (bicyclic) bond motifs is 1. The molecule has 0 bridgehead atoms. The third kappa shape index (κ3) is 3.85. The second-order valence-corrected chi connectivity index (χ2v) is 7.11. The summed E-state index contributed by atoms with van der Waals surface area (Å²) in [6, 6.07) is 7.14. The van der Waals surface area contributed by atoms with Crippen molar-refractivity contribution < 1.29 is 18.3 Å². The van der Waals surface area contributed by atoms with E-state index in [1.54, 1.807) is 0 Å². The van der Waals surface area contributed by atoms with Gasteiger partial charge in [-0.3, -0.25) is 9.69 Å². The first kappa shape index (κ1) is 18.0. The number of nitrogens with zero attached hydrogens (tertiary/aromatic N) is 2. The molecule has 1 amide bonds. The molecule has 3 aromatic rings. The first-order valence-electron chi connectivity index (χ1n) is 8.54. The molecule has 0 spiro atoms. The molecule has 27 heavy (non-hydrogen) atoms. The Labute approximate surface area is 158 Å². The molecule has 142 valence electrons. The topological polar surface area (TPSA) is 70.2 Å². The number of ether oxygens (including phenoxy) is 1. The Hall–Kier alpha value is -2.36. The van der Waals surface area contributed by atoms with Crippen molar-refractivity contribution in [2.75, 3.05) is 31.6 Å². The van der Waals surface area contributed by atoms with Crippen LogP contribution in [0.2, 0.25) is 0 Å². The average Bonchev–Trinajstić information content (AvgIpc) is 3.28. The number of carbonyl (C=O) groups is 1. The lowest BCUT2D eigenvalue weighted by molar-refractivity contribution is -0.128. The summed E-state index contributed by atoms with van der Waals surface area (Å²) in [4.78, 5) is 21.7. The van der Waals surface area contributed by atoms with Crippen molar-refractivity contribution in [3.05, 3.63) is 35.8 Å². The standard InChI is InChI=1S/C18H18F2N4O2S/c19-16(20)8-24-5-6-26-9-15(24)17(25)23-18-22-14(10-27-18)12-7-21-13-4-2-1-3-11(12)13/h1-4,7,10,15-16,21H,5-6,8-9H2,(H,22,23,25). The van der Waals surface area contributed by atoms with Gasteiger partial charge in [-0.1, -0.05) is 18.2 Å². The molecule has 6 nitrogen and oxygen atoms in total. The highest BCUT2D eigenvalue weighted by atomic mass is 32.1. The number of rotatable bonds is 5. The Morgan fingerprint density at radius 2 is 2.30 bits per heavy atom. The fraction of sp³-hybridized carbons (Fsp3) is 0.333. The highest BCUT2D eigenvalue weighted by Crippen LogP contribution is 2.31. The molecule has 1 fully saturated rings. The Morgan fingerprint density at radius 1 is 1.44 bits per heavy atom. The number of halogens is 2. The molecule has 0 radical (unpaired) electrons. The summed E-state index contributed by atoms with van der Waals surface area (Å²) in [5.41, 5.74) is 2.70. The molecule has 9 heteroatoms. The van der Waals surface area contributed by atoms with Gasteiger partial charge in [0, 0.05) is 34.6 Å². The molecule has 0 aliphatic carbocycles. The van der Waals surface area contributed by atoms with Gasteiger partial charge in [-0.2, -0.15) is 0 Å². The lowest BCUT2D eigenvalue weighted by Gasteiger charge is -2.33. The van der Waals surface area contributed by atoms with Crippen molar-refractivity contribution >= 4 is 33.3 Å². The predicted molar refractivity (Wildman–Crippen MR) is 100 cm³/mol. The molecule has 1 aliphatic rings. The summed E-state index contributed by atoms with van der Waals surface area (Å²) in [6.07, 6.45) is -0.614. The Bertz CT molecular complexity index is 942. The highest BCUT2D eigenvalue weighted by Gasteiger charge is 2.31. The number of morpholine rings is 1. The van der Waals surface area contributed by atoms with Crippen LogP contribution in [0.15, 0.2) is 35.8 Å². The second kappa shape index (κ2) is 7.71. The number of benzene rings is 1. The zero-order chi connectivity index (χ0) is 18.8. The molecule has 1 aliphatic heterocycles. The average molecular weight is 392 g/mol. The number of H-pyrrole nitrogens is 1. The molecule has 2 N–H and O–H groups in total. The number of nitrogens with one attached hydrogen (secondary N) is 2. The fourth-order valence-electron chi connectivity index (χ4n) is 3.20. The smallest absolute Gasteiger partial charge is 0.251 e. The van der Waals surface area contributed by atoms with Crippen molar-refractivity contribution in [2.45, 2.75) is 12.5 Å². The molecular formula is C18H18F2N4O2S. The summed E-state index contributed by atoms with van der Waals surface area (Å²) in [5.74, 6) is -0.379. The molecule has 1 atom stereocenters. The highest BCUT2D eigenvalue weighted by molar-refractivity contribution is 7.14. The third-order valence-corrected chi connectivity index (χ3v) is 5.27. The fourth-order valence-corrected chi connectivity index (χ4v) is 3.92. The number of aromatic amines is 1. The third-order valence-electron chi connectivity index (χ3n) is 4.51. The van der Waals surface area contributed by atoms with Crippen LogP contribution in [0.25, 0.3) is 22.2 Å². The van der Waals surface area contributed by atoms with Crippen molar-refractivity contribution in [1.29, 1.82) is 0 Å². The second-order valence-electron chi connectivity index (χ2n) is 6.25. The van der Waals surface area contributed by atoms with Crippen LogP contribution in [0.3, 0.4) is 0 Å². The summed E-state index contributed by atoms with van der Waals surface area (Å²) in [6.45, 7) is 0.304. The van der Waals surface area contributed by atoms with E-state index >= 15 is 0 Å². The maximum absolute atomic E-state index is 12.7. The van der Waals surface area contributed by atoms with Gasteiger partial charge in [0.15, 0.2) is 5.13 Å². The van der Waals surface area contributed by atoms with Gasteiger partial charge in [-0.05, 0) is 6.07 Å². The van der Waals surface area contributed by atoms with E-state index in [1.807, 2.05) is 35.8 Å². The zero-order valence-corrected chi connectivity index (χ0v) is 15.1. The molecule has 0 saturated carbocycles. The normalized spacial score (nSPS) is 18.3. The van der Waals surface area contributed by atoms with E-state index in [0.29, 0.717) is 18.3 Å². The number of para-hydroxylation sites is 1. The van der Waals surface area contributed by atoms with E-state index in [0.717, 1.165) is 22.2 Å². The van der Waals surface area contributed by atoms with Crippen LogP contribution in [0.5, 0.6) is 0 Å². The van der Waals surface area contributed by atoms with Gasteiger partial charge in [0.2, 0.25) is 5.91 Å². The molecule has 2 aromatic heterocycles. The van der Waals surface area contributed by atoms with E-state index in [1.165, 1.54) is 16.2 Å². The number of carbonyl (C=O) groups excluding carboxylic acids is 1. The largest absolute Gasteiger partial charge is 0.378 e. The van der Waals surface area contributed by atoms with Crippen molar-refractivity contribution in [3.63, 3.8) is 0 Å². The van der Waals surface area contributed by atoms with Crippen molar-refractivity contribution in [3.8, 4) is 11.3 Å². The van der Waals surface area contributed by atoms with E-state index in [4.69, 9.17) is 4.74 Å². The number of alkyl halides is 2. The predicted octanol–water partition coefficient (Wildman–Crippen LogP) is 3.20. The molecule has 1 saturated heterocycles. The van der Waals surface area contributed by atoms with Gasteiger partial charge in [0.05, 0.1) is 25.5 Å². The summed E-state index contributed by atoms with van der Waals surface area (Å²) in [7, 11) is 0. The summed E-state index contributed by atoms with van der Waals surface area (Å²) < 4.78 is 30.8.